The minimum atomic E-state index is -0.887. The molecule has 0 bridgehead atoms. The topological polar surface area (TPSA) is 98.2 Å². The maximum atomic E-state index is 11.9. The van der Waals surface area contributed by atoms with Crippen molar-refractivity contribution in [1.82, 2.24) is 14.7 Å². The normalized spacial score (nSPS) is 10.6. The molecular weight excluding hydrogens is 250 g/mol. The first kappa shape index (κ1) is 13.0. The van der Waals surface area contributed by atoms with Crippen LogP contribution in [0.1, 0.15) is 23.4 Å². The Labute approximate surface area is 108 Å². The molecule has 19 heavy (non-hydrogen) atoms. The zero-order chi connectivity index (χ0) is 14.0. The predicted molar refractivity (Wildman–Crippen MR) is 65.3 cm³/mol. The highest BCUT2D eigenvalue weighted by molar-refractivity contribution is 5.67. The molecule has 0 fully saturated rings. The summed E-state index contributed by atoms with van der Waals surface area (Å²) >= 11 is 0. The number of carboxylic acid groups (broad SMARTS) is 1. The lowest BCUT2D eigenvalue weighted by atomic mass is 10.1. The number of rotatable bonds is 4. The van der Waals surface area contributed by atoms with Gasteiger partial charge in [-0.25, -0.2) is 4.79 Å². The summed E-state index contributed by atoms with van der Waals surface area (Å²) in [6.07, 6.45) is 3.07. The molecule has 0 unspecified atom stereocenters. The SMILES string of the molecule is Cc1nc(=O)n(-c2cnoc2)c(C)c1CCC(=O)O. The van der Waals surface area contributed by atoms with Crippen molar-refractivity contribution in [2.45, 2.75) is 26.7 Å². The number of carbonyl (C=O) groups is 1. The van der Waals surface area contributed by atoms with E-state index in [2.05, 4.69) is 10.1 Å². The average molecular weight is 263 g/mol. The molecule has 2 heterocycles. The third-order valence-electron chi connectivity index (χ3n) is 2.93. The van der Waals surface area contributed by atoms with Crippen molar-refractivity contribution in [3.8, 4) is 5.69 Å². The van der Waals surface area contributed by atoms with E-state index in [9.17, 15) is 9.59 Å². The minimum Gasteiger partial charge on any atom is -0.481 e. The van der Waals surface area contributed by atoms with Gasteiger partial charge >= 0.3 is 11.7 Å². The molecule has 0 saturated carbocycles. The van der Waals surface area contributed by atoms with Gasteiger partial charge in [0.15, 0.2) is 0 Å². The van der Waals surface area contributed by atoms with E-state index < -0.39 is 11.7 Å². The molecule has 7 heteroatoms. The van der Waals surface area contributed by atoms with Crippen LogP contribution in [0.15, 0.2) is 21.8 Å². The fourth-order valence-corrected chi connectivity index (χ4v) is 2.01. The molecule has 2 aromatic heterocycles. The first-order valence-corrected chi connectivity index (χ1v) is 5.71. The number of nitrogens with zero attached hydrogens (tertiary/aromatic N) is 3. The monoisotopic (exact) mass is 263 g/mol. The van der Waals surface area contributed by atoms with Gasteiger partial charge in [-0.15, -0.1) is 0 Å². The second-order valence-corrected chi connectivity index (χ2v) is 4.16. The number of aryl methyl sites for hydroxylation is 1. The second kappa shape index (κ2) is 5.05. The molecule has 0 aliphatic rings. The van der Waals surface area contributed by atoms with Gasteiger partial charge in [0.2, 0.25) is 0 Å². The largest absolute Gasteiger partial charge is 0.481 e. The van der Waals surface area contributed by atoms with Crippen LogP contribution in [0.3, 0.4) is 0 Å². The van der Waals surface area contributed by atoms with Crippen molar-refractivity contribution in [2.75, 3.05) is 0 Å². The Bertz CT molecular complexity index is 658. The predicted octanol–water partition coefficient (Wildman–Crippen LogP) is 0.855. The van der Waals surface area contributed by atoms with Gasteiger partial charge in [0, 0.05) is 17.8 Å². The Morgan fingerprint density at radius 3 is 2.79 bits per heavy atom. The van der Waals surface area contributed by atoms with E-state index in [0.717, 1.165) is 5.56 Å². The van der Waals surface area contributed by atoms with Crippen LogP contribution in [0.4, 0.5) is 0 Å². The van der Waals surface area contributed by atoms with Crippen LogP contribution in [0.5, 0.6) is 0 Å². The van der Waals surface area contributed by atoms with E-state index in [1.807, 2.05) is 0 Å². The van der Waals surface area contributed by atoms with E-state index in [1.54, 1.807) is 13.8 Å². The van der Waals surface area contributed by atoms with Crippen LogP contribution in [0.25, 0.3) is 5.69 Å². The molecule has 2 aromatic rings. The third kappa shape index (κ3) is 2.54. The van der Waals surface area contributed by atoms with E-state index >= 15 is 0 Å². The zero-order valence-corrected chi connectivity index (χ0v) is 10.6. The molecular formula is C12H13N3O4. The summed E-state index contributed by atoms with van der Waals surface area (Å²) in [5, 5.41) is 12.3. The van der Waals surface area contributed by atoms with Crippen LogP contribution in [0.2, 0.25) is 0 Å². The maximum absolute atomic E-state index is 11.9. The van der Waals surface area contributed by atoms with Crippen molar-refractivity contribution in [2.24, 2.45) is 0 Å². The van der Waals surface area contributed by atoms with Crippen molar-refractivity contribution in [3.05, 3.63) is 39.9 Å². The molecule has 0 saturated heterocycles. The van der Waals surface area contributed by atoms with Gasteiger partial charge in [0.25, 0.3) is 0 Å². The van der Waals surface area contributed by atoms with Gasteiger partial charge < -0.3 is 9.63 Å². The van der Waals surface area contributed by atoms with Crippen molar-refractivity contribution >= 4 is 5.97 Å². The first-order chi connectivity index (χ1) is 9.00. The summed E-state index contributed by atoms with van der Waals surface area (Å²) < 4.78 is 6.08. The van der Waals surface area contributed by atoms with Crippen LogP contribution in [-0.4, -0.2) is 25.8 Å². The lowest BCUT2D eigenvalue weighted by Gasteiger charge is -2.13. The number of aliphatic carboxylic acids is 1. The minimum absolute atomic E-state index is 0.00873. The van der Waals surface area contributed by atoms with Gasteiger partial charge in [-0.3, -0.25) is 9.36 Å². The van der Waals surface area contributed by atoms with Crippen molar-refractivity contribution in [3.63, 3.8) is 0 Å². The third-order valence-corrected chi connectivity index (χ3v) is 2.93. The number of aromatic nitrogens is 3. The highest BCUT2D eigenvalue weighted by Gasteiger charge is 2.14. The molecule has 0 aliphatic heterocycles. The van der Waals surface area contributed by atoms with Crippen LogP contribution in [-0.2, 0) is 11.2 Å². The van der Waals surface area contributed by atoms with E-state index in [-0.39, 0.29) is 6.42 Å². The molecule has 0 radical (unpaired) electrons. The van der Waals surface area contributed by atoms with Crippen LogP contribution >= 0.6 is 0 Å². The number of carboxylic acids is 1. The molecule has 100 valence electrons. The van der Waals surface area contributed by atoms with Gasteiger partial charge in [-0.05, 0) is 25.8 Å². The maximum Gasteiger partial charge on any atom is 0.352 e. The Hall–Kier alpha value is -2.44. The van der Waals surface area contributed by atoms with E-state index in [0.29, 0.717) is 23.5 Å². The average Bonchev–Trinajstić information content (AvgIpc) is 2.81. The summed E-state index contributed by atoms with van der Waals surface area (Å²) in [4.78, 5) is 26.5. The summed E-state index contributed by atoms with van der Waals surface area (Å²) in [7, 11) is 0. The number of hydrogen-bond acceptors (Lipinski definition) is 5. The summed E-state index contributed by atoms with van der Waals surface area (Å²) in [5.41, 5.74) is 2.01. The van der Waals surface area contributed by atoms with E-state index in [4.69, 9.17) is 9.63 Å². The van der Waals surface area contributed by atoms with Crippen molar-refractivity contribution in [1.29, 1.82) is 0 Å². The van der Waals surface area contributed by atoms with Crippen LogP contribution < -0.4 is 5.69 Å². The molecule has 1 N–H and O–H groups in total. The highest BCUT2D eigenvalue weighted by atomic mass is 16.5. The summed E-state index contributed by atoms with van der Waals surface area (Å²) in [5.74, 6) is -0.887. The highest BCUT2D eigenvalue weighted by Crippen LogP contribution is 2.15. The quantitative estimate of drug-likeness (QED) is 0.878. The molecule has 7 nitrogen and oxygen atoms in total. The standard InChI is InChI=1S/C12H13N3O4/c1-7-10(3-4-11(16)17)8(2)15(12(18)14-7)9-5-13-19-6-9/h5-6H,3-4H2,1-2H3,(H,16,17). The van der Waals surface area contributed by atoms with Crippen LogP contribution in [0, 0.1) is 13.8 Å². The second-order valence-electron chi connectivity index (χ2n) is 4.16. The lowest BCUT2D eigenvalue weighted by molar-refractivity contribution is -0.136. The molecule has 0 aromatic carbocycles. The Morgan fingerprint density at radius 1 is 1.47 bits per heavy atom. The molecule has 2 rings (SSSR count). The van der Waals surface area contributed by atoms with Crippen molar-refractivity contribution < 1.29 is 14.4 Å². The van der Waals surface area contributed by atoms with Gasteiger partial charge in [0.1, 0.15) is 12.0 Å². The Kier molecular flexibility index (Phi) is 3.46. The Morgan fingerprint density at radius 2 is 2.21 bits per heavy atom. The fourth-order valence-electron chi connectivity index (χ4n) is 2.01. The lowest BCUT2D eigenvalue weighted by Crippen LogP contribution is -2.26. The van der Waals surface area contributed by atoms with Gasteiger partial charge in [0.05, 0.1) is 6.20 Å². The fraction of sp³-hybridized carbons (Fsp3) is 0.333. The van der Waals surface area contributed by atoms with Gasteiger partial charge in [-0.1, -0.05) is 5.16 Å². The molecule has 0 amide bonds. The smallest absolute Gasteiger partial charge is 0.352 e. The molecule has 0 spiro atoms. The van der Waals surface area contributed by atoms with Gasteiger partial charge in [-0.2, -0.15) is 4.98 Å². The summed E-state index contributed by atoms with van der Waals surface area (Å²) in [6.45, 7) is 3.45. The molecule has 0 aliphatic carbocycles. The summed E-state index contributed by atoms with van der Waals surface area (Å²) in [6, 6.07) is 0. The Balaban J connectivity index is 2.54. The first-order valence-electron chi connectivity index (χ1n) is 5.71. The molecule has 0 atom stereocenters. The van der Waals surface area contributed by atoms with E-state index in [1.165, 1.54) is 17.0 Å². The zero-order valence-electron chi connectivity index (χ0n) is 10.6. The number of hydrogen-bond donors (Lipinski definition) is 1.